The van der Waals surface area contributed by atoms with Gasteiger partial charge in [0.2, 0.25) is 5.91 Å². The van der Waals surface area contributed by atoms with Crippen molar-refractivity contribution in [1.29, 1.82) is 0 Å². The van der Waals surface area contributed by atoms with Gasteiger partial charge in [-0.05, 0) is 19.8 Å². The zero-order valence-corrected chi connectivity index (χ0v) is 11.9. The number of aliphatic hydroxyl groups is 1. The number of ether oxygens (including phenoxy) is 1. The average Bonchev–Trinajstić information content (AvgIpc) is 2.67. The molecule has 2 atom stereocenters. The molecule has 4 heteroatoms. The van der Waals surface area contributed by atoms with Crippen LogP contribution >= 0.6 is 0 Å². The highest BCUT2D eigenvalue weighted by Gasteiger charge is 2.39. The molecule has 0 aromatic carbocycles. The van der Waals surface area contributed by atoms with Crippen LogP contribution in [0.25, 0.3) is 0 Å². The second-order valence-electron chi connectivity index (χ2n) is 5.36. The van der Waals surface area contributed by atoms with Crippen LogP contribution in [0.4, 0.5) is 0 Å². The topological polar surface area (TPSA) is 58.6 Å². The van der Waals surface area contributed by atoms with Gasteiger partial charge in [0.05, 0.1) is 6.10 Å². The molecule has 18 heavy (non-hydrogen) atoms. The summed E-state index contributed by atoms with van der Waals surface area (Å²) in [5.74, 6) is 0.160. The summed E-state index contributed by atoms with van der Waals surface area (Å²) in [4.78, 5) is 12.1. The van der Waals surface area contributed by atoms with Crippen molar-refractivity contribution in [3.8, 4) is 0 Å². The van der Waals surface area contributed by atoms with E-state index in [0.717, 1.165) is 25.7 Å². The van der Waals surface area contributed by atoms with Crippen molar-refractivity contribution in [2.24, 2.45) is 5.92 Å². The maximum Gasteiger partial charge on any atom is 0.223 e. The van der Waals surface area contributed by atoms with Crippen LogP contribution in [0.15, 0.2) is 0 Å². The Balaban J connectivity index is 2.43. The molecule has 1 aliphatic rings. The van der Waals surface area contributed by atoms with E-state index in [0.29, 0.717) is 19.6 Å². The van der Waals surface area contributed by atoms with Gasteiger partial charge >= 0.3 is 0 Å². The zero-order valence-electron chi connectivity index (χ0n) is 11.9. The summed E-state index contributed by atoms with van der Waals surface area (Å²) in [6.07, 6.45) is 4.27. The maximum atomic E-state index is 12.1. The van der Waals surface area contributed by atoms with Crippen molar-refractivity contribution >= 4 is 5.91 Å². The highest BCUT2D eigenvalue weighted by molar-refractivity contribution is 5.78. The number of hydrogen-bond acceptors (Lipinski definition) is 3. The third-order valence-electron chi connectivity index (χ3n) is 3.87. The summed E-state index contributed by atoms with van der Waals surface area (Å²) in [6, 6.07) is 0. The number of nitrogens with one attached hydrogen (secondary N) is 1. The molecule has 0 spiro atoms. The highest BCUT2D eigenvalue weighted by atomic mass is 16.5. The minimum atomic E-state index is -0.890. The second kappa shape index (κ2) is 7.10. The molecule has 0 aliphatic carbocycles. The normalized spacial score (nSPS) is 27.7. The molecule has 1 saturated heterocycles. The first-order valence-corrected chi connectivity index (χ1v) is 7.15. The molecular formula is C14H27NO3. The van der Waals surface area contributed by atoms with Crippen LogP contribution in [0.5, 0.6) is 0 Å². The smallest absolute Gasteiger partial charge is 0.223 e. The first-order valence-electron chi connectivity index (χ1n) is 7.15. The van der Waals surface area contributed by atoms with Crippen LogP contribution in [0, 0.1) is 5.92 Å². The minimum Gasteiger partial charge on any atom is -0.385 e. The summed E-state index contributed by atoms with van der Waals surface area (Å²) >= 11 is 0. The molecule has 1 fully saturated rings. The predicted octanol–water partition coefficient (Wildman–Crippen LogP) is 1.86. The number of rotatable bonds is 7. The molecule has 106 valence electrons. The summed E-state index contributed by atoms with van der Waals surface area (Å²) in [7, 11) is 0. The standard InChI is InChI=1S/C14H27NO3/c1-4-6-12(7-5-2)13(16)15-10-14(17)8-9-18-11(14)3/h11-12,17H,4-10H2,1-3H3,(H,15,16). The molecule has 0 aromatic heterocycles. The monoisotopic (exact) mass is 257 g/mol. The van der Waals surface area contributed by atoms with Crippen LogP contribution in [0.3, 0.4) is 0 Å². The molecular weight excluding hydrogens is 230 g/mol. The molecule has 0 saturated carbocycles. The van der Waals surface area contributed by atoms with Gasteiger partial charge in [-0.2, -0.15) is 0 Å². The summed E-state index contributed by atoms with van der Waals surface area (Å²) < 4.78 is 5.35. The van der Waals surface area contributed by atoms with Crippen LogP contribution in [-0.2, 0) is 9.53 Å². The van der Waals surface area contributed by atoms with Crippen molar-refractivity contribution in [1.82, 2.24) is 5.32 Å². The number of hydrogen-bond donors (Lipinski definition) is 2. The molecule has 1 heterocycles. The lowest BCUT2D eigenvalue weighted by Crippen LogP contribution is -2.48. The van der Waals surface area contributed by atoms with Crippen molar-refractivity contribution < 1.29 is 14.6 Å². The quantitative estimate of drug-likeness (QED) is 0.732. The summed E-state index contributed by atoms with van der Waals surface area (Å²) in [6.45, 7) is 6.92. The van der Waals surface area contributed by atoms with E-state index < -0.39 is 5.60 Å². The Morgan fingerprint density at radius 3 is 2.50 bits per heavy atom. The Morgan fingerprint density at radius 1 is 1.44 bits per heavy atom. The van der Waals surface area contributed by atoms with Gasteiger partial charge in [0.25, 0.3) is 0 Å². The third-order valence-corrected chi connectivity index (χ3v) is 3.87. The van der Waals surface area contributed by atoms with E-state index in [1.54, 1.807) is 0 Å². The summed E-state index contributed by atoms with van der Waals surface area (Å²) in [5.41, 5.74) is -0.890. The van der Waals surface area contributed by atoms with E-state index >= 15 is 0 Å². The average molecular weight is 257 g/mol. The number of carbonyl (C=O) groups excluding carboxylic acids is 1. The third kappa shape index (κ3) is 3.95. The first kappa shape index (κ1) is 15.4. The molecule has 1 amide bonds. The van der Waals surface area contributed by atoms with E-state index in [1.807, 2.05) is 6.92 Å². The molecule has 2 unspecified atom stereocenters. The van der Waals surface area contributed by atoms with Gasteiger partial charge < -0.3 is 15.2 Å². The molecule has 2 N–H and O–H groups in total. The Labute approximate surface area is 110 Å². The number of amides is 1. The fourth-order valence-electron chi connectivity index (χ4n) is 2.49. The fraction of sp³-hybridized carbons (Fsp3) is 0.929. The van der Waals surface area contributed by atoms with E-state index in [4.69, 9.17) is 4.74 Å². The van der Waals surface area contributed by atoms with Gasteiger partial charge in [0, 0.05) is 25.5 Å². The van der Waals surface area contributed by atoms with Gasteiger partial charge in [-0.3, -0.25) is 4.79 Å². The molecule has 1 aliphatic heterocycles. The van der Waals surface area contributed by atoms with E-state index in [2.05, 4.69) is 19.2 Å². The van der Waals surface area contributed by atoms with E-state index in [-0.39, 0.29) is 17.9 Å². The zero-order chi connectivity index (χ0) is 13.6. The summed E-state index contributed by atoms with van der Waals surface area (Å²) in [5, 5.41) is 13.2. The first-order chi connectivity index (χ1) is 8.53. The van der Waals surface area contributed by atoms with Gasteiger partial charge in [-0.15, -0.1) is 0 Å². The maximum absolute atomic E-state index is 12.1. The molecule has 4 nitrogen and oxygen atoms in total. The van der Waals surface area contributed by atoms with Crippen LogP contribution in [0.2, 0.25) is 0 Å². The van der Waals surface area contributed by atoms with Crippen molar-refractivity contribution in [2.75, 3.05) is 13.2 Å². The minimum absolute atomic E-state index is 0.0752. The van der Waals surface area contributed by atoms with Gasteiger partial charge in [0.15, 0.2) is 0 Å². The van der Waals surface area contributed by atoms with Gasteiger partial charge in [-0.25, -0.2) is 0 Å². The fourth-order valence-corrected chi connectivity index (χ4v) is 2.49. The van der Waals surface area contributed by atoms with Crippen LogP contribution in [0.1, 0.15) is 52.9 Å². The Morgan fingerprint density at radius 2 is 2.06 bits per heavy atom. The molecule has 0 radical (unpaired) electrons. The molecule has 0 aromatic rings. The predicted molar refractivity (Wildman–Crippen MR) is 71.3 cm³/mol. The van der Waals surface area contributed by atoms with Crippen LogP contribution in [-0.4, -0.2) is 35.9 Å². The highest BCUT2D eigenvalue weighted by Crippen LogP contribution is 2.25. The van der Waals surface area contributed by atoms with Crippen molar-refractivity contribution in [2.45, 2.75) is 64.6 Å². The lowest BCUT2D eigenvalue weighted by molar-refractivity contribution is -0.127. The lowest BCUT2D eigenvalue weighted by atomic mass is 9.94. The molecule has 1 rings (SSSR count). The Kier molecular flexibility index (Phi) is 6.09. The molecule has 0 bridgehead atoms. The van der Waals surface area contributed by atoms with E-state index in [9.17, 15) is 9.90 Å². The number of carbonyl (C=O) groups is 1. The second-order valence-corrected chi connectivity index (χ2v) is 5.36. The van der Waals surface area contributed by atoms with E-state index in [1.165, 1.54) is 0 Å². The lowest BCUT2D eigenvalue weighted by Gasteiger charge is -2.27. The van der Waals surface area contributed by atoms with Gasteiger partial charge in [-0.1, -0.05) is 26.7 Å². The SMILES string of the molecule is CCCC(CCC)C(=O)NCC1(O)CCOC1C. The van der Waals surface area contributed by atoms with Crippen molar-refractivity contribution in [3.63, 3.8) is 0 Å². The Hall–Kier alpha value is -0.610. The Bertz CT molecular complexity index is 264. The van der Waals surface area contributed by atoms with Gasteiger partial charge in [0.1, 0.15) is 5.60 Å². The van der Waals surface area contributed by atoms with Crippen LogP contribution < -0.4 is 5.32 Å². The van der Waals surface area contributed by atoms with Crippen molar-refractivity contribution in [3.05, 3.63) is 0 Å². The largest absolute Gasteiger partial charge is 0.385 e.